The summed E-state index contributed by atoms with van der Waals surface area (Å²) in [6, 6.07) is 9.16. The molecule has 0 aliphatic heterocycles. The number of nitrogens with zero attached hydrogens (tertiary/aromatic N) is 1. The summed E-state index contributed by atoms with van der Waals surface area (Å²) in [5.74, 6) is -0.561. The van der Waals surface area contributed by atoms with Crippen LogP contribution in [0.25, 0.3) is 0 Å². The first-order valence-corrected chi connectivity index (χ1v) is 7.92. The maximum Gasteiger partial charge on any atom is 0.444 e. The number of rotatable bonds is 6. The fraction of sp³-hybridized carbons (Fsp3) is 0.500. The third-order valence-electron chi connectivity index (χ3n) is 2.89. The van der Waals surface area contributed by atoms with E-state index in [-0.39, 0.29) is 18.7 Å². The van der Waals surface area contributed by atoms with Crippen LogP contribution in [0, 0.1) is 0 Å². The Hall–Kier alpha value is -2.37. The van der Waals surface area contributed by atoms with E-state index in [1.54, 1.807) is 20.8 Å². The summed E-state index contributed by atoms with van der Waals surface area (Å²) >= 11 is 0. The van der Waals surface area contributed by atoms with E-state index in [1.165, 1.54) is 6.92 Å². The molecular formula is C18H25NO5. The van der Waals surface area contributed by atoms with Crippen LogP contribution < -0.4 is 0 Å². The van der Waals surface area contributed by atoms with Gasteiger partial charge in [0.1, 0.15) is 11.4 Å². The lowest BCUT2D eigenvalue weighted by Gasteiger charge is -2.26. The summed E-state index contributed by atoms with van der Waals surface area (Å²) in [6.07, 6.45) is 0.0292. The van der Waals surface area contributed by atoms with Crippen molar-refractivity contribution < 1.29 is 24.0 Å². The SMILES string of the molecule is CC(=O)CCCC(=O)ON(Cc1ccccc1)C(=O)OC(C)(C)C. The van der Waals surface area contributed by atoms with Gasteiger partial charge in [0.25, 0.3) is 0 Å². The van der Waals surface area contributed by atoms with Gasteiger partial charge in [0.2, 0.25) is 0 Å². The third kappa shape index (κ3) is 8.31. The standard InChI is InChI=1S/C18H25NO5/c1-14(20)9-8-12-16(21)24-19(17(22)23-18(2,3)4)13-15-10-6-5-7-11-15/h5-7,10-11H,8-9,12-13H2,1-4H3. The van der Waals surface area contributed by atoms with Gasteiger partial charge in [0.05, 0.1) is 6.54 Å². The number of hydrogen-bond donors (Lipinski definition) is 0. The molecular weight excluding hydrogens is 310 g/mol. The molecule has 0 spiro atoms. The van der Waals surface area contributed by atoms with Crippen LogP contribution in [-0.4, -0.2) is 28.5 Å². The lowest BCUT2D eigenvalue weighted by molar-refractivity contribution is -0.187. The topological polar surface area (TPSA) is 72.9 Å². The van der Waals surface area contributed by atoms with Crippen molar-refractivity contribution >= 4 is 17.8 Å². The highest BCUT2D eigenvalue weighted by Gasteiger charge is 2.25. The summed E-state index contributed by atoms with van der Waals surface area (Å²) < 4.78 is 5.27. The molecule has 0 N–H and O–H groups in total. The van der Waals surface area contributed by atoms with Gasteiger partial charge in [-0.2, -0.15) is 0 Å². The minimum Gasteiger partial charge on any atom is -0.442 e. The number of benzene rings is 1. The molecule has 6 nitrogen and oxygen atoms in total. The Bertz CT molecular complexity index is 563. The predicted octanol–water partition coefficient (Wildman–Crippen LogP) is 3.64. The first-order chi connectivity index (χ1) is 11.2. The summed E-state index contributed by atoms with van der Waals surface area (Å²) in [5.41, 5.74) is 0.104. The number of hydroxylamine groups is 2. The molecule has 6 heteroatoms. The number of ketones is 1. The van der Waals surface area contributed by atoms with Crippen molar-refractivity contribution in [2.75, 3.05) is 0 Å². The average Bonchev–Trinajstić information content (AvgIpc) is 2.45. The first-order valence-electron chi connectivity index (χ1n) is 7.92. The molecule has 0 radical (unpaired) electrons. The van der Waals surface area contributed by atoms with Gasteiger partial charge in [-0.25, -0.2) is 9.59 Å². The van der Waals surface area contributed by atoms with Crippen LogP contribution in [0.1, 0.15) is 52.5 Å². The predicted molar refractivity (Wildman–Crippen MR) is 88.8 cm³/mol. The Balaban J connectivity index is 2.71. The number of carbonyl (C=O) groups excluding carboxylic acids is 3. The minimum atomic E-state index is -0.730. The second kappa shape index (κ2) is 9.05. The van der Waals surface area contributed by atoms with Crippen LogP contribution in [0.2, 0.25) is 0 Å². The van der Waals surface area contributed by atoms with Crippen LogP contribution in [0.5, 0.6) is 0 Å². The van der Waals surface area contributed by atoms with Crippen molar-refractivity contribution in [1.82, 2.24) is 5.06 Å². The normalized spacial score (nSPS) is 10.8. The van der Waals surface area contributed by atoms with Crippen LogP contribution in [0.4, 0.5) is 4.79 Å². The van der Waals surface area contributed by atoms with Crippen LogP contribution in [0.15, 0.2) is 30.3 Å². The van der Waals surface area contributed by atoms with Crippen molar-refractivity contribution in [2.45, 2.75) is 59.1 Å². The molecule has 0 fully saturated rings. The van der Waals surface area contributed by atoms with E-state index in [2.05, 4.69) is 0 Å². The molecule has 1 aromatic carbocycles. The van der Waals surface area contributed by atoms with Crippen molar-refractivity contribution in [1.29, 1.82) is 0 Å². The highest BCUT2D eigenvalue weighted by Crippen LogP contribution is 2.14. The van der Waals surface area contributed by atoms with E-state index in [9.17, 15) is 14.4 Å². The third-order valence-corrected chi connectivity index (χ3v) is 2.89. The number of carbonyl (C=O) groups is 3. The first kappa shape index (κ1) is 19.7. The quantitative estimate of drug-likeness (QED) is 0.742. The highest BCUT2D eigenvalue weighted by molar-refractivity contribution is 5.77. The molecule has 1 aromatic rings. The van der Waals surface area contributed by atoms with Crippen molar-refractivity contribution in [3.63, 3.8) is 0 Å². The zero-order chi connectivity index (χ0) is 18.2. The van der Waals surface area contributed by atoms with Crippen LogP contribution in [-0.2, 0) is 25.7 Å². The Morgan fingerprint density at radius 3 is 2.21 bits per heavy atom. The van der Waals surface area contributed by atoms with Gasteiger partial charge in [-0.05, 0) is 39.7 Å². The zero-order valence-electron chi connectivity index (χ0n) is 14.7. The highest BCUT2D eigenvalue weighted by atomic mass is 16.8. The summed E-state index contributed by atoms with van der Waals surface area (Å²) in [5, 5.41) is 0.913. The average molecular weight is 335 g/mol. The maximum absolute atomic E-state index is 12.3. The van der Waals surface area contributed by atoms with E-state index in [0.29, 0.717) is 12.8 Å². The summed E-state index contributed by atoms with van der Waals surface area (Å²) in [7, 11) is 0. The monoisotopic (exact) mass is 335 g/mol. The Labute approximate surface area is 142 Å². The number of hydrogen-bond acceptors (Lipinski definition) is 5. The van der Waals surface area contributed by atoms with E-state index in [0.717, 1.165) is 10.6 Å². The van der Waals surface area contributed by atoms with Gasteiger partial charge in [0.15, 0.2) is 0 Å². The Kier molecular flexibility index (Phi) is 7.42. The lowest BCUT2D eigenvalue weighted by atomic mass is 10.2. The van der Waals surface area contributed by atoms with Crippen molar-refractivity contribution in [3.8, 4) is 0 Å². The van der Waals surface area contributed by atoms with Crippen LogP contribution in [0.3, 0.4) is 0 Å². The largest absolute Gasteiger partial charge is 0.444 e. The van der Waals surface area contributed by atoms with Gasteiger partial charge < -0.3 is 14.4 Å². The molecule has 0 bridgehead atoms. The second-order valence-electron chi connectivity index (χ2n) is 6.52. The smallest absolute Gasteiger partial charge is 0.442 e. The summed E-state index contributed by atoms with van der Waals surface area (Å²) in [4.78, 5) is 40.2. The summed E-state index contributed by atoms with van der Waals surface area (Å²) in [6.45, 7) is 6.77. The van der Waals surface area contributed by atoms with Crippen molar-refractivity contribution in [3.05, 3.63) is 35.9 Å². The fourth-order valence-corrected chi connectivity index (χ4v) is 1.85. The van der Waals surface area contributed by atoms with Gasteiger partial charge in [0, 0.05) is 12.8 Å². The van der Waals surface area contributed by atoms with E-state index < -0.39 is 17.7 Å². The number of amides is 1. The molecule has 0 aliphatic carbocycles. The Morgan fingerprint density at radius 1 is 1.04 bits per heavy atom. The molecule has 0 aliphatic rings. The van der Waals surface area contributed by atoms with Crippen molar-refractivity contribution in [2.24, 2.45) is 0 Å². The van der Waals surface area contributed by atoms with Gasteiger partial charge in [-0.3, -0.25) is 0 Å². The maximum atomic E-state index is 12.3. The Morgan fingerprint density at radius 2 is 1.67 bits per heavy atom. The number of Topliss-reactive ketones (excluding diaryl/α,β-unsaturated/α-hetero) is 1. The molecule has 0 aromatic heterocycles. The van der Waals surface area contributed by atoms with Crippen LogP contribution >= 0.6 is 0 Å². The van der Waals surface area contributed by atoms with E-state index in [1.807, 2.05) is 30.3 Å². The lowest BCUT2D eigenvalue weighted by Crippen LogP contribution is -2.38. The van der Waals surface area contributed by atoms with Gasteiger partial charge >= 0.3 is 12.1 Å². The molecule has 1 rings (SSSR count). The molecule has 0 saturated heterocycles. The molecule has 0 atom stereocenters. The molecule has 24 heavy (non-hydrogen) atoms. The molecule has 0 unspecified atom stereocenters. The second-order valence-corrected chi connectivity index (χ2v) is 6.52. The van der Waals surface area contributed by atoms with E-state index >= 15 is 0 Å². The zero-order valence-corrected chi connectivity index (χ0v) is 14.7. The van der Waals surface area contributed by atoms with Gasteiger partial charge in [-0.15, -0.1) is 5.06 Å². The minimum absolute atomic E-state index is 0.0103. The molecule has 132 valence electrons. The molecule has 0 heterocycles. The fourth-order valence-electron chi connectivity index (χ4n) is 1.85. The molecule has 1 amide bonds. The number of ether oxygens (including phenoxy) is 1. The molecule has 0 saturated carbocycles. The van der Waals surface area contributed by atoms with E-state index in [4.69, 9.17) is 9.57 Å². The van der Waals surface area contributed by atoms with Gasteiger partial charge in [-0.1, -0.05) is 30.3 Å².